The quantitative estimate of drug-likeness (QED) is 0.144. The van der Waals surface area contributed by atoms with E-state index < -0.39 is 0 Å². The molecule has 4 heterocycles. The Hall–Kier alpha value is -9.26. The summed E-state index contributed by atoms with van der Waals surface area (Å²) >= 11 is 0. The minimum absolute atomic E-state index is 0.680. The number of para-hydroxylation sites is 2. The lowest BCUT2D eigenvalue weighted by atomic mass is 9.98. The molecule has 12 rings (SSSR count). The Morgan fingerprint density at radius 3 is 0.882 bits per heavy atom. The van der Waals surface area contributed by atoms with Gasteiger partial charge in [0, 0.05) is 67.7 Å². The van der Waals surface area contributed by atoms with E-state index in [9.17, 15) is 0 Å². The lowest BCUT2D eigenvalue weighted by molar-refractivity contribution is 1.18. The van der Waals surface area contributed by atoms with Gasteiger partial charge < -0.3 is 0 Å². The molecular formula is C62H40N6. The predicted octanol–water partition coefficient (Wildman–Crippen LogP) is 15.4. The van der Waals surface area contributed by atoms with Gasteiger partial charge in [-0.05, 0) is 46.5 Å². The summed E-state index contributed by atoms with van der Waals surface area (Å²) in [5, 5.41) is 2.24. The van der Waals surface area contributed by atoms with Crippen LogP contribution in [0, 0.1) is 0 Å². The van der Waals surface area contributed by atoms with Crippen molar-refractivity contribution in [3.8, 4) is 101 Å². The molecule has 8 aromatic carbocycles. The Morgan fingerprint density at radius 1 is 0.221 bits per heavy atom. The zero-order valence-corrected chi connectivity index (χ0v) is 36.8. The summed E-state index contributed by atoms with van der Waals surface area (Å²) in [6, 6.07) is 79.6. The van der Waals surface area contributed by atoms with E-state index in [4.69, 9.17) is 19.9 Å². The van der Waals surface area contributed by atoms with Crippen molar-refractivity contribution < 1.29 is 0 Å². The molecule has 0 aliphatic carbocycles. The second kappa shape index (κ2) is 17.6. The SMILES string of the molecule is c1ccc(-c2nc(-c3ccc(-c4ccc(-c5cc(-c6ccc(-c7cccc8cccnc78)cc6)nc(-c6ccccc6)n5)cc4)cc3)cc(-c3ccc(-c4cccc5cccnc45)cc3)n2)cc1. The zero-order chi connectivity index (χ0) is 45.2. The molecule has 0 unspecified atom stereocenters. The van der Waals surface area contributed by atoms with Crippen LogP contribution < -0.4 is 0 Å². The number of nitrogens with zero attached hydrogens (tertiary/aromatic N) is 6. The first-order chi connectivity index (χ1) is 33.7. The number of hydrogen-bond donors (Lipinski definition) is 0. The molecule has 0 N–H and O–H groups in total. The molecule has 0 saturated carbocycles. The standard InChI is InChI=1S/C62H40N6/c1-3-11-51(12-4-1)61-65-55(39-57(67-61)47-33-25-43(26-34-47)53-19-7-15-49-17-9-37-63-59(49)53)45-29-21-41(22-30-45)42-23-31-46(32-24-42)56-40-58(68-62(66-56)52-13-5-2-6-14-52)48-35-27-44(28-36-48)54-20-8-16-50-18-10-38-64-60(50)54/h1-40H. The summed E-state index contributed by atoms with van der Waals surface area (Å²) in [6.07, 6.45) is 3.70. The molecule has 6 nitrogen and oxygen atoms in total. The second-order valence-corrected chi connectivity index (χ2v) is 16.7. The first kappa shape index (κ1) is 40.3. The highest BCUT2D eigenvalue weighted by Gasteiger charge is 2.15. The van der Waals surface area contributed by atoms with Crippen LogP contribution in [0.15, 0.2) is 243 Å². The fraction of sp³-hybridized carbons (Fsp3) is 0. The van der Waals surface area contributed by atoms with Gasteiger partial charge in [-0.25, -0.2) is 19.9 Å². The van der Waals surface area contributed by atoms with E-state index in [0.29, 0.717) is 11.6 Å². The predicted molar refractivity (Wildman–Crippen MR) is 277 cm³/mol. The van der Waals surface area contributed by atoms with Crippen molar-refractivity contribution in [2.45, 2.75) is 0 Å². The summed E-state index contributed by atoms with van der Waals surface area (Å²) in [5.41, 5.74) is 18.0. The van der Waals surface area contributed by atoms with Gasteiger partial charge in [0.2, 0.25) is 0 Å². The van der Waals surface area contributed by atoms with Gasteiger partial charge in [-0.1, -0.05) is 206 Å². The van der Waals surface area contributed by atoms with Crippen molar-refractivity contribution in [3.05, 3.63) is 243 Å². The number of benzene rings is 8. The van der Waals surface area contributed by atoms with E-state index in [1.807, 2.05) is 60.9 Å². The van der Waals surface area contributed by atoms with Gasteiger partial charge in [-0.2, -0.15) is 0 Å². The third kappa shape index (κ3) is 7.97. The average molecular weight is 869 g/mol. The number of pyridine rings is 2. The molecule has 0 bridgehead atoms. The maximum absolute atomic E-state index is 5.10. The fourth-order valence-corrected chi connectivity index (χ4v) is 8.90. The number of fused-ring (bicyclic) bond motifs is 2. The van der Waals surface area contributed by atoms with Crippen LogP contribution in [0.4, 0.5) is 0 Å². The van der Waals surface area contributed by atoms with Crippen LogP contribution in [-0.4, -0.2) is 29.9 Å². The minimum Gasteiger partial charge on any atom is -0.256 e. The molecule has 0 aliphatic rings. The maximum Gasteiger partial charge on any atom is 0.160 e. The van der Waals surface area contributed by atoms with Gasteiger partial charge in [0.25, 0.3) is 0 Å². The van der Waals surface area contributed by atoms with Gasteiger partial charge in [0.15, 0.2) is 11.6 Å². The van der Waals surface area contributed by atoms with Gasteiger partial charge in [-0.3, -0.25) is 9.97 Å². The molecule has 0 spiro atoms. The molecule has 0 saturated heterocycles. The van der Waals surface area contributed by atoms with Gasteiger partial charge in [0.1, 0.15) is 0 Å². The molecule has 68 heavy (non-hydrogen) atoms. The number of hydrogen-bond acceptors (Lipinski definition) is 6. The topological polar surface area (TPSA) is 77.3 Å². The van der Waals surface area contributed by atoms with Crippen molar-refractivity contribution in [2.24, 2.45) is 0 Å². The van der Waals surface area contributed by atoms with Crippen molar-refractivity contribution in [1.29, 1.82) is 0 Å². The third-order valence-corrected chi connectivity index (χ3v) is 12.5. The van der Waals surface area contributed by atoms with E-state index in [1.54, 1.807) is 0 Å². The molecule has 0 atom stereocenters. The van der Waals surface area contributed by atoms with Gasteiger partial charge in [0.05, 0.1) is 33.8 Å². The summed E-state index contributed by atoms with van der Waals surface area (Å²) in [4.78, 5) is 29.7. The normalized spacial score (nSPS) is 11.2. The van der Waals surface area contributed by atoms with Crippen LogP contribution in [0.1, 0.15) is 0 Å². The van der Waals surface area contributed by atoms with Crippen LogP contribution in [0.5, 0.6) is 0 Å². The molecule has 0 radical (unpaired) electrons. The number of rotatable bonds is 9. The minimum atomic E-state index is 0.680. The summed E-state index contributed by atoms with van der Waals surface area (Å²) in [7, 11) is 0. The molecule has 318 valence electrons. The van der Waals surface area contributed by atoms with Crippen LogP contribution >= 0.6 is 0 Å². The zero-order valence-electron chi connectivity index (χ0n) is 36.8. The van der Waals surface area contributed by atoms with E-state index in [2.05, 4.69) is 192 Å². The van der Waals surface area contributed by atoms with E-state index in [1.165, 1.54) is 0 Å². The van der Waals surface area contributed by atoms with Crippen molar-refractivity contribution in [1.82, 2.24) is 29.9 Å². The Morgan fingerprint density at radius 2 is 0.529 bits per heavy atom. The van der Waals surface area contributed by atoms with E-state index in [-0.39, 0.29) is 0 Å². The van der Waals surface area contributed by atoms with Gasteiger partial charge >= 0.3 is 0 Å². The highest BCUT2D eigenvalue weighted by atomic mass is 14.9. The van der Waals surface area contributed by atoms with Crippen LogP contribution in [0.25, 0.3) is 123 Å². The molecule has 6 heteroatoms. The Balaban J connectivity index is 0.840. The maximum atomic E-state index is 5.10. The van der Waals surface area contributed by atoms with Crippen LogP contribution in [0.3, 0.4) is 0 Å². The summed E-state index contributed by atoms with van der Waals surface area (Å²) in [6.45, 7) is 0. The molecular weight excluding hydrogens is 829 g/mol. The van der Waals surface area contributed by atoms with Crippen molar-refractivity contribution in [2.75, 3.05) is 0 Å². The third-order valence-electron chi connectivity index (χ3n) is 12.5. The highest BCUT2D eigenvalue weighted by molar-refractivity contribution is 5.95. The largest absolute Gasteiger partial charge is 0.256 e. The van der Waals surface area contributed by atoms with Crippen molar-refractivity contribution in [3.63, 3.8) is 0 Å². The van der Waals surface area contributed by atoms with Crippen LogP contribution in [-0.2, 0) is 0 Å². The molecule has 0 fully saturated rings. The molecule has 0 aliphatic heterocycles. The smallest absolute Gasteiger partial charge is 0.160 e. The summed E-state index contributed by atoms with van der Waals surface area (Å²) in [5.74, 6) is 1.36. The average Bonchev–Trinajstić information content (AvgIpc) is 3.43. The summed E-state index contributed by atoms with van der Waals surface area (Å²) < 4.78 is 0. The van der Waals surface area contributed by atoms with E-state index in [0.717, 1.165) is 111 Å². The first-order valence-corrected chi connectivity index (χ1v) is 22.7. The number of aromatic nitrogens is 6. The Labute approximate surface area is 394 Å². The Kier molecular flexibility index (Phi) is 10.4. The van der Waals surface area contributed by atoms with Gasteiger partial charge in [-0.15, -0.1) is 0 Å². The molecule has 4 aromatic heterocycles. The first-order valence-electron chi connectivity index (χ1n) is 22.7. The molecule has 12 aromatic rings. The lowest BCUT2D eigenvalue weighted by Gasteiger charge is -2.12. The van der Waals surface area contributed by atoms with Crippen molar-refractivity contribution >= 4 is 21.8 Å². The molecule has 0 amide bonds. The van der Waals surface area contributed by atoms with Crippen LogP contribution in [0.2, 0.25) is 0 Å². The lowest BCUT2D eigenvalue weighted by Crippen LogP contribution is -1.96. The fourth-order valence-electron chi connectivity index (χ4n) is 8.90. The second-order valence-electron chi connectivity index (χ2n) is 16.7. The monoisotopic (exact) mass is 868 g/mol. The Bertz CT molecular complexity index is 3480. The van der Waals surface area contributed by atoms with E-state index >= 15 is 0 Å². The highest BCUT2D eigenvalue weighted by Crippen LogP contribution is 2.35.